The molecule has 0 aliphatic rings. The molecular formula is C9H9N5. The van der Waals surface area contributed by atoms with Gasteiger partial charge in [-0.1, -0.05) is 0 Å². The highest BCUT2D eigenvalue weighted by atomic mass is 15.0. The largest absolute Gasteiger partial charge is 0.368 e. The highest BCUT2D eigenvalue weighted by molar-refractivity contribution is 5.61. The lowest BCUT2D eigenvalue weighted by Crippen LogP contribution is -1.98. The highest BCUT2D eigenvalue weighted by Crippen LogP contribution is 2.18. The Hall–Kier alpha value is -2.04. The topological polar surface area (TPSA) is 77.6 Å². The van der Waals surface area contributed by atoms with Gasteiger partial charge in [0.15, 0.2) is 0 Å². The van der Waals surface area contributed by atoms with Gasteiger partial charge >= 0.3 is 0 Å². The molecule has 70 valence electrons. The van der Waals surface area contributed by atoms with Gasteiger partial charge in [0.05, 0.1) is 5.69 Å². The Labute approximate surface area is 81.1 Å². The van der Waals surface area contributed by atoms with E-state index in [-0.39, 0.29) is 5.95 Å². The molecule has 0 unspecified atom stereocenters. The Balaban J connectivity index is 2.57. The summed E-state index contributed by atoms with van der Waals surface area (Å²) in [5, 5.41) is 0. The van der Waals surface area contributed by atoms with E-state index in [0.29, 0.717) is 0 Å². The molecule has 0 aromatic carbocycles. The summed E-state index contributed by atoms with van der Waals surface area (Å²) in [7, 11) is 0. The molecule has 14 heavy (non-hydrogen) atoms. The maximum Gasteiger partial charge on any atom is 0.220 e. The summed E-state index contributed by atoms with van der Waals surface area (Å²) < 4.78 is 0. The maximum absolute atomic E-state index is 5.50. The fraction of sp³-hybridized carbons (Fsp3) is 0.111. The second-order valence-corrected chi connectivity index (χ2v) is 2.89. The van der Waals surface area contributed by atoms with Crippen LogP contribution in [-0.4, -0.2) is 19.9 Å². The Bertz CT molecular complexity index is 440. The van der Waals surface area contributed by atoms with Crippen molar-refractivity contribution >= 4 is 5.95 Å². The van der Waals surface area contributed by atoms with Gasteiger partial charge in [-0.3, -0.25) is 0 Å². The first-order valence-corrected chi connectivity index (χ1v) is 4.12. The summed E-state index contributed by atoms with van der Waals surface area (Å²) in [6.45, 7) is 1.92. The second kappa shape index (κ2) is 3.37. The van der Waals surface area contributed by atoms with E-state index in [1.54, 1.807) is 18.6 Å². The van der Waals surface area contributed by atoms with Crippen LogP contribution in [0.4, 0.5) is 5.95 Å². The number of hydrogen-bond donors (Lipinski definition) is 1. The standard InChI is InChI=1S/C9H9N5/c1-6-2-13-9(10)14-8(6)7-3-11-5-12-4-7/h2-5H,1H3,(H2,10,13,14). The van der Waals surface area contributed by atoms with Crippen LogP contribution in [0.25, 0.3) is 11.3 Å². The zero-order chi connectivity index (χ0) is 9.97. The quantitative estimate of drug-likeness (QED) is 0.715. The average Bonchev–Trinajstić information content (AvgIpc) is 2.23. The zero-order valence-electron chi connectivity index (χ0n) is 7.68. The Kier molecular flexibility index (Phi) is 2.06. The third-order valence-electron chi connectivity index (χ3n) is 1.82. The molecule has 2 N–H and O–H groups in total. The maximum atomic E-state index is 5.50. The fourth-order valence-corrected chi connectivity index (χ4v) is 1.17. The van der Waals surface area contributed by atoms with E-state index in [1.165, 1.54) is 6.33 Å². The molecule has 0 saturated heterocycles. The summed E-state index contributed by atoms with van der Waals surface area (Å²) in [6.07, 6.45) is 6.55. The van der Waals surface area contributed by atoms with Crippen molar-refractivity contribution in [1.82, 2.24) is 19.9 Å². The van der Waals surface area contributed by atoms with Crippen LogP contribution in [0.15, 0.2) is 24.9 Å². The lowest BCUT2D eigenvalue weighted by Gasteiger charge is -2.03. The first kappa shape index (κ1) is 8.55. The molecule has 0 amide bonds. The lowest BCUT2D eigenvalue weighted by atomic mass is 10.1. The molecule has 2 heterocycles. The SMILES string of the molecule is Cc1cnc(N)nc1-c1cncnc1. The van der Waals surface area contributed by atoms with Crippen LogP contribution in [-0.2, 0) is 0 Å². The molecule has 0 fully saturated rings. The summed E-state index contributed by atoms with van der Waals surface area (Å²) >= 11 is 0. The van der Waals surface area contributed by atoms with E-state index < -0.39 is 0 Å². The van der Waals surface area contributed by atoms with E-state index >= 15 is 0 Å². The van der Waals surface area contributed by atoms with Gasteiger partial charge in [0.2, 0.25) is 5.95 Å². The predicted molar refractivity (Wildman–Crippen MR) is 52.2 cm³/mol. The normalized spacial score (nSPS) is 10.1. The van der Waals surface area contributed by atoms with Crippen molar-refractivity contribution < 1.29 is 0 Å². The second-order valence-electron chi connectivity index (χ2n) is 2.89. The van der Waals surface area contributed by atoms with Gasteiger partial charge in [-0.25, -0.2) is 19.9 Å². The van der Waals surface area contributed by atoms with Gasteiger partial charge in [0.1, 0.15) is 6.33 Å². The molecule has 2 rings (SSSR count). The lowest BCUT2D eigenvalue weighted by molar-refractivity contribution is 1.12. The molecule has 0 radical (unpaired) electrons. The van der Waals surface area contributed by atoms with Crippen LogP contribution in [0.2, 0.25) is 0 Å². The highest BCUT2D eigenvalue weighted by Gasteiger charge is 2.04. The van der Waals surface area contributed by atoms with Gasteiger partial charge in [-0.15, -0.1) is 0 Å². The summed E-state index contributed by atoms with van der Waals surface area (Å²) in [5.74, 6) is 0.259. The molecule has 5 heteroatoms. The van der Waals surface area contributed by atoms with Crippen LogP contribution < -0.4 is 5.73 Å². The number of nitrogens with two attached hydrogens (primary N) is 1. The van der Waals surface area contributed by atoms with Crippen LogP contribution in [0.1, 0.15) is 5.56 Å². The summed E-state index contributed by atoms with van der Waals surface area (Å²) in [5.41, 5.74) is 8.08. The van der Waals surface area contributed by atoms with Crippen molar-refractivity contribution in [2.24, 2.45) is 0 Å². The first-order valence-electron chi connectivity index (χ1n) is 4.12. The third kappa shape index (κ3) is 1.52. The number of rotatable bonds is 1. The van der Waals surface area contributed by atoms with Crippen LogP contribution in [0, 0.1) is 6.92 Å². The minimum Gasteiger partial charge on any atom is -0.368 e. The molecule has 0 spiro atoms. The van der Waals surface area contributed by atoms with Gasteiger partial charge in [-0.05, 0) is 12.5 Å². The molecule has 2 aromatic heterocycles. The third-order valence-corrected chi connectivity index (χ3v) is 1.82. The summed E-state index contributed by atoms with van der Waals surface area (Å²) in [6, 6.07) is 0. The molecule has 2 aromatic rings. The van der Waals surface area contributed by atoms with E-state index in [2.05, 4.69) is 19.9 Å². The smallest absolute Gasteiger partial charge is 0.220 e. The molecule has 0 atom stereocenters. The first-order chi connectivity index (χ1) is 6.77. The fourth-order valence-electron chi connectivity index (χ4n) is 1.17. The van der Waals surface area contributed by atoms with E-state index in [0.717, 1.165) is 16.8 Å². The average molecular weight is 187 g/mol. The van der Waals surface area contributed by atoms with Crippen LogP contribution in [0.5, 0.6) is 0 Å². The van der Waals surface area contributed by atoms with Crippen LogP contribution in [0.3, 0.4) is 0 Å². The molecule has 0 aliphatic carbocycles. The van der Waals surface area contributed by atoms with Crippen molar-refractivity contribution in [1.29, 1.82) is 0 Å². The summed E-state index contributed by atoms with van der Waals surface area (Å²) in [4.78, 5) is 15.9. The number of anilines is 1. The minimum atomic E-state index is 0.259. The van der Waals surface area contributed by atoms with Crippen molar-refractivity contribution in [3.63, 3.8) is 0 Å². The van der Waals surface area contributed by atoms with Gasteiger partial charge in [0, 0.05) is 24.2 Å². The van der Waals surface area contributed by atoms with Crippen molar-refractivity contribution in [2.45, 2.75) is 6.92 Å². The zero-order valence-corrected chi connectivity index (χ0v) is 7.68. The molecule has 5 nitrogen and oxygen atoms in total. The molecule has 0 saturated carbocycles. The number of hydrogen-bond acceptors (Lipinski definition) is 5. The molecule has 0 aliphatic heterocycles. The van der Waals surface area contributed by atoms with E-state index in [9.17, 15) is 0 Å². The van der Waals surface area contributed by atoms with Gasteiger partial charge in [-0.2, -0.15) is 0 Å². The molecule has 0 bridgehead atoms. The Morgan fingerprint density at radius 3 is 2.57 bits per heavy atom. The molecular weight excluding hydrogens is 178 g/mol. The van der Waals surface area contributed by atoms with Gasteiger partial charge < -0.3 is 5.73 Å². The number of aryl methyl sites for hydroxylation is 1. The van der Waals surface area contributed by atoms with Crippen molar-refractivity contribution in [3.8, 4) is 11.3 Å². The van der Waals surface area contributed by atoms with E-state index in [4.69, 9.17) is 5.73 Å². The predicted octanol–water partition coefficient (Wildman–Crippen LogP) is 0.824. The van der Waals surface area contributed by atoms with Crippen molar-refractivity contribution in [3.05, 3.63) is 30.5 Å². The Morgan fingerprint density at radius 2 is 1.86 bits per heavy atom. The van der Waals surface area contributed by atoms with Gasteiger partial charge in [0.25, 0.3) is 0 Å². The van der Waals surface area contributed by atoms with Crippen LogP contribution >= 0.6 is 0 Å². The number of nitrogens with zero attached hydrogens (tertiary/aromatic N) is 4. The monoisotopic (exact) mass is 187 g/mol. The number of nitrogen functional groups attached to an aromatic ring is 1. The number of aromatic nitrogens is 4. The minimum absolute atomic E-state index is 0.259. The van der Waals surface area contributed by atoms with E-state index in [1.807, 2.05) is 6.92 Å². The Morgan fingerprint density at radius 1 is 1.14 bits per heavy atom. The van der Waals surface area contributed by atoms with Crippen molar-refractivity contribution in [2.75, 3.05) is 5.73 Å².